The largest absolute Gasteiger partial charge is 0.449 e. The SMILES string of the molecule is N#C/C(=C\c1ccc(Oc2ccc([N+](=O)[O-])cc2[N+](=O)[O-])c(Cl)c1)C(=O)Nc1ccc(F)cc1. The van der Waals surface area contributed by atoms with Gasteiger partial charge in [0.2, 0.25) is 5.75 Å². The minimum atomic E-state index is -0.827. The van der Waals surface area contributed by atoms with Crippen molar-refractivity contribution >= 4 is 40.6 Å². The number of nitrogens with one attached hydrogen (secondary N) is 1. The van der Waals surface area contributed by atoms with Crippen molar-refractivity contribution in [3.63, 3.8) is 0 Å². The first-order valence-electron chi connectivity index (χ1n) is 9.27. The molecular weight excluding hydrogens is 471 g/mol. The highest BCUT2D eigenvalue weighted by Crippen LogP contribution is 2.37. The second kappa shape index (κ2) is 10.2. The Hall–Kier alpha value is -4.82. The van der Waals surface area contributed by atoms with Crippen LogP contribution in [0, 0.1) is 37.4 Å². The van der Waals surface area contributed by atoms with E-state index in [-0.39, 0.29) is 22.1 Å². The van der Waals surface area contributed by atoms with E-state index in [0.29, 0.717) is 11.3 Å². The molecule has 1 N–H and O–H groups in total. The van der Waals surface area contributed by atoms with E-state index in [0.717, 1.165) is 30.3 Å². The molecule has 170 valence electrons. The monoisotopic (exact) mass is 482 g/mol. The molecule has 10 nitrogen and oxygen atoms in total. The number of nitrogens with zero attached hydrogens (tertiary/aromatic N) is 3. The van der Waals surface area contributed by atoms with E-state index in [2.05, 4.69) is 5.32 Å². The number of hydrogen-bond acceptors (Lipinski definition) is 7. The molecule has 12 heteroatoms. The molecule has 0 bridgehead atoms. The summed E-state index contributed by atoms with van der Waals surface area (Å²) in [4.78, 5) is 32.9. The maximum Gasteiger partial charge on any atom is 0.318 e. The Morgan fingerprint density at radius 3 is 2.29 bits per heavy atom. The summed E-state index contributed by atoms with van der Waals surface area (Å²) in [5, 5.41) is 33.9. The molecule has 0 aliphatic heterocycles. The third-order valence-corrected chi connectivity index (χ3v) is 4.60. The van der Waals surface area contributed by atoms with Crippen molar-refractivity contribution in [2.24, 2.45) is 0 Å². The molecule has 3 aromatic rings. The third-order valence-electron chi connectivity index (χ3n) is 4.30. The number of rotatable bonds is 7. The Balaban J connectivity index is 1.83. The predicted molar refractivity (Wildman–Crippen MR) is 120 cm³/mol. The second-order valence-electron chi connectivity index (χ2n) is 6.59. The highest BCUT2D eigenvalue weighted by Gasteiger charge is 2.22. The number of nitro groups is 2. The number of anilines is 1. The minimum Gasteiger partial charge on any atom is -0.449 e. The van der Waals surface area contributed by atoms with Gasteiger partial charge in [-0.1, -0.05) is 17.7 Å². The van der Waals surface area contributed by atoms with E-state index >= 15 is 0 Å². The van der Waals surface area contributed by atoms with E-state index in [1.165, 1.54) is 36.4 Å². The molecular formula is C22H12ClFN4O6. The summed E-state index contributed by atoms with van der Waals surface area (Å²) in [5.74, 6) is -1.47. The van der Waals surface area contributed by atoms with Gasteiger partial charge >= 0.3 is 5.69 Å². The average Bonchev–Trinajstić information content (AvgIpc) is 2.80. The molecule has 3 rings (SSSR count). The van der Waals surface area contributed by atoms with E-state index in [9.17, 15) is 34.7 Å². The van der Waals surface area contributed by atoms with Crippen LogP contribution in [0.2, 0.25) is 5.02 Å². The molecule has 0 fully saturated rings. The fourth-order valence-electron chi connectivity index (χ4n) is 2.70. The Bertz CT molecular complexity index is 1370. The highest BCUT2D eigenvalue weighted by atomic mass is 35.5. The molecule has 1 amide bonds. The van der Waals surface area contributed by atoms with Gasteiger partial charge in [0.15, 0.2) is 0 Å². The van der Waals surface area contributed by atoms with Gasteiger partial charge in [-0.05, 0) is 54.1 Å². The van der Waals surface area contributed by atoms with Gasteiger partial charge in [-0.25, -0.2) is 4.39 Å². The lowest BCUT2D eigenvalue weighted by molar-refractivity contribution is -0.394. The number of benzene rings is 3. The van der Waals surface area contributed by atoms with Crippen LogP contribution in [0.5, 0.6) is 11.5 Å². The van der Waals surface area contributed by atoms with Crippen LogP contribution >= 0.6 is 11.6 Å². The van der Waals surface area contributed by atoms with Crippen LogP contribution in [0.25, 0.3) is 6.08 Å². The molecule has 0 aromatic heterocycles. The fraction of sp³-hybridized carbons (Fsp3) is 0. The van der Waals surface area contributed by atoms with Crippen LogP contribution in [0.4, 0.5) is 21.5 Å². The fourth-order valence-corrected chi connectivity index (χ4v) is 2.93. The zero-order valence-corrected chi connectivity index (χ0v) is 17.7. The van der Waals surface area contributed by atoms with Gasteiger partial charge in [-0.2, -0.15) is 5.26 Å². The summed E-state index contributed by atoms with van der Waals surface area (Å²) < 4.78 is 18.5. The number of hydrogen-bond donors (Lipinski definition) is 1. The maximum absolute atomic E-state index is 13.0. The van der Waals surface area contributed by atoms with Crippen molar-refractivity contribution < 1.29 is 23.8 Å². The first-order valence-corrected chi connectivity index (χ1v) is 9.64. The van der Waals surface area contributed by atoms with Crippen molar-refractivity contribution in [3.8, 4) is 17.6 Å². The van der Waals surface area contributed by atoms with E-state index in [4.69, 9.17) is 16.3 Å². The number of nitro benzene ring substituents is 2. The van der Waals surface area contributed by atoms with Gasteiger partial charge in [-0.15, -0.1) is 0 Å². The second-order valence-corrected chi connectivity index (χ2v) is 7.00. The summed E-state index contributed by atoms with van der Waals surface area (Å²) in [6.45, 7) is 0. The van der Waals surface area contributed by atoms with Crippen LogP contribution in [-0.4, -0.2) is 15.8 Å². The summed E-state index contributed by atoms with van der Waals surface area (Å²) >= 11 is 6.19. The lowest BCUT2D eigenvalue weighted by Crippen LogP contribution is -2.13. The summed E-state index contributed by atoms with van der Waals surface area (Å²) in [6, 6.07) is 13.8. The molecule has 0 unspecified atom stereocenters. The van der Waals surface area contributed by atoms with E-state index < -0.39 is 32.9 Å². The van der Waals surface area contributed by atoms with E-state index in [1.807, 2.05) is 0 Å². The number of ether oxygens (including phenoxy) is 1. The lowest BCUT2D eigenvalue weighted by atomic mass is 10.1. The Labute approximate surface area is 195 Å². The van der Waals surface area contributed by atoms with Crippen LogP contribution in [0.15, 0.2) is 66.2 Å². The predicted octanol–water partition coefficient (Wildman–Crippen LogP) is 5.63. The average molecular weight is 483 g/mol. The van der Waals surface area contributed by atoms with Gasteiger partial charge in [0, 0.05) is 11.8 Å². The Morgan fingerprint density at radius 2 is 1.71 bits per heavy atom. The summed E-state index contributed by atoms with van der Waals surface area (Å²) in [6.07, 6.45) is 1.25. The maximum atomic E-state index is 13.0. The van der Waals surface area contributed by atoms with Gasteiger partial charge in [0.1, 0.15) is 23.2 Å². The van der Waals surface area contributed by atoms with Crippen molar-refractivity contribution in [1.29, 1.82) is 5.26 Å². The first-order chi connectivity index (χ1) is 16.2. The number of halogens is 2. The number of carbonyl (C=O) groups is 1. The molecule has 0 spiro atoms. The van der Waals surface area contributed by atoms with Gasteiger partial charge < -0.3 is 10.1 Å². The van der Waals surface area contributed by atoms with Crippen LogP contribution in [-0.2, 0) is 4.79 Å². The normalized spacial score (nSPS) is 10.8. The Kier molecular flexibility index (Phi) is 7.15. The molecule has 34 heavy (non-hydrogen) atoms. The molecule has 0 saturated carbocycles. The van der Waals surface area contributed by atoms with Gasteiger partial charge in [0.05, 0.1) is 20.9 Å². The smallest absolute Gasteiger partial charge is 0.318 e. The molecule has 0 atom stereocenters. The number of non-ortho nitro benzene ring substituents is 1. The number of amides is 1. The minimum absolute atomic E-state index is 0.00219. The molecule has 0 saturated heterocycles. The molecule has 3 aromatic carbocycles. The quantitative estimate of drug-likeness (QED) is 0.198. The standard InChI is InChI=1S/C22H12ClFN4O6/c23-18-10-13(9-14(12-25)22(29)26-16-4-2-15(24)3-5-16)1-7-20(18)34-21-8-6-17(27(30)31)11-19(21)28(32)33/h1-11H,(H,26,29)/b14-9+. The van der Waals surface area contributed by atoms with Crippen LogP contribution < -0.4 is 10.1 Å². The third kappa shape index (κ3) is 5.70. The van der Waals surface area contributed by atoms with Crippen molar-refractivity contribution in [3.05, 3.63) is 103 Å². The summed E-state index contributed by atoms with van der Waals surface area (Å²) in [7, 11) is 0. The van der Waals surface area contributed by atoms with Crippen LogP contribution in [0.3, 0.4) is 0 Å². The molecule has 0 aliphatic rings. The zero-order valence-electron chi connectivity index (χ0n) is 16.9. The topological polar surface area (TPSA) is 148 Å². The van der Waals surface area contributed by atoms with Crippen molar-refractivity contribution in [2.45, 2.75) is 0 Å². The highest BCUT2D eigenvalue weighted by molar-refractivity contribution is 6.32. The van der Waals surface area contributed by atoms with Crippen molar-refractivity contribution in [2.75, 3.05) is 5.32 Å². The first kappa shape index (κ1) is 23.8. The zero-order chi connectivity index (χ0) is 24.8. The van der Waals surface area contributed by atoms with E-state index in [1.54, 1.807) is 6.07 Å². The number of carbonyl (C=O) groups excluding carboxylic acids is 1. The summed E-state index contributed by atoms with van der Waals surface area (Å²) in [5.41, 5.74) is -0.729. The molecule has 0 aliphatic carbocycles. The Morgan fingerprint density at radius 1 is 1.03 bits per heavy atom. The van der Waals surface area contributed by atoms with Crippen molar-refractivity contribution in [1.82, 2.24) is 0 Å². The molecule has 0 heterocycles. The molecule has 0 radical (unpaired) electrons. The van der Waals surface area contributed by atoms with Gasteiger partial charge in [-0.3, -0.25) is 25.0 Å². The lowest BCUT2D eigenvalue weighted by Gasteiger charge is -2.09. The van der Waals surface area contributed by atoms with Gasteiger partial charge in [0.25, 0.3) is 11.6 Å². The number of nitriles is 1. The van der Waals surface area contributed by atoms with Crippen LogP contribution in [0.1, 0.15) is 5.56 Å².